The maximum atomic E-state index is 11.8. The third kappa shape index (κ3) is 3.61. The SMILES string of the molecule is CC(C)(C)OC(=O)[C@H]1N[C@H](C(=O)O)C(C)(C)S1. The fourth-order valence-corrected chi connectivity index (χ4v) is 2.86. The third-order valence-corrected chi connectivity index (χ3v) is 3.71. The summed E-state index contributed by atoms with van der Waals surface area (Å²) in [6.07, 6.45) is 0. The number of hydrogen-bond acceptors (Lipinski definition) is 5. The number of carboxylic acid groups (broad SMARTS) is 1. The van der Waals surface area contributed by atoms with Gasteiger partial charge in [-0.2, -0.15) is 0 Å². The van der Waals surface area contributed by atoms with Gasteiger partial charge in [-0.1, -0.05) is 0 Å². The maximum Gasteiger partial charge on any atom is 0.334 e. The van der Waals surface area contributed by atoms with Crippen LogP contribution in [0.15, 0.2) is 0 Å². The van der Waals surface area contributed by atoms with Gasteiger partial charge in [0.2, 0.25) is 0 Å². The quantitative estimate of drug-likeness (QED) is 0.728. The molecule has 0 unspecified atom stereocenters. The monoisotopic (exact) mass is 261 g/mol. The van der Waals surface area contributed by atoms with Gasteiger partial charge in [0.1, 0.15) is 11.6 Å². The van der Waals surface area contributed by atoms with Crippen molar-refractivity contribution in [2.75, 3.05) is 0 Å². The van der Waals surface area contributed by atoms with E-state index in [1.165, 1.54) is 11.8 Å². The van der Waals surface area contributed by atoms with Gasteiger partial charge < -0.3 is 9.84 Å². The molecule has 2 atom stereocenters. The summed E-state index contributed by atoms with van der Waals surface area (Å²) in [5.41, 5.74) is -0.565. The highest BCUT2D eigenvalue weighted by Crippen LogP contribution is 2.38. The van der Waals surface area contributed by atoms with Gasteiger partial charge in [0.05, 0.1) is 0 Å². The van der Waals surface area contributed by atoms with Gasteiger partial charge in [-0.15, -0.1) is 11.8 Å². The molecular formula is C11H19NO4S. The zero-order valence-corrected chi connectivity index (χ0v) is 11.6. The van der Waals surface area contributed by atoms with Gasteiger partial charge in [0.15, 0.2) is 5.37 Å². The molecule has 1 aliphatic heterocycles. The lowest BCUT2D eigenvalue weighted by atomic mass is 10.0. The maximum absolute atomic E-state index is 11.8. The normalized spacial score (nSPS) is 27.8. The predicted molar refractivity (Wildman–Crippen MR) is 65.9 cm³/mol. The smallest absolute Gasteiger partial charge is 0.334 e. The molecule has 1 rings (SSSR count). The lowest BCUT2D eigenvalue weighted by Gasteiger charge is -2.22. The van der Waals surface area contributed by atoms with Gasteiger partial charge in [0.25, 0.3) is 0 Å². The van der Waals surface area contributed by atoms with E-state index < -0.39 is 33.7 Å². The van der Waals surface area contributed by atoms with E-state index >= 15 is 0 Å². The van der Waals surface area contributed by atoms with E-state index in [0.29, 0.717) is 0 Å². The Morgan fingerprint density at radius 2 is 1.88 bits per heavy atom. The van der Waals surface area contributed by atoms with Gasteiger partial charge >= 0.3 is 11.9 Å². The Balaban J connectivity index is 2.72. The average molecular weight is 261 g/mol. The van der Waals surface area contributed by atoms with Crippen molar-refractivity contribution < 1.29 is 19.4 Å². The Kier molecular flexibility index (Phi) is 3.78. The zero-order valence-electron chi connectivity index (χ0n) is 10.7. The zero-order chi connectivity index (χ0) is 13.4. The van der Waals surface area contributed by atoms with Crippen LogP contribution in [0.5, 0.6) is 0 Å². The molecule has 0 amide bonds. The highest BCUT2D eigenvalue weighted by Gasteiger charge is 2.48. The highest BCUT2D eigenvalue weighted by atomic mass is 32.2. The van der Waals surface area contributed by atoms with Crippen LogP contribution in [-0.4, -0.2) is 38.8 Å². The Morgan fingerprint density at radius 1 is 1.35 bits per heavy atom. The molecule has 0 aromatic heterocycles. The molecule has 1 saturated heterocycles. The molecule has 17 heavy (non-hydrogen) atoms. The molecule has 0 bridgehead atoms. The standard InChI is InChI=1S/C11H19NO4S/c1-10(2,3)16-9(15)7-12-6(8(13)14)11(4,5)17-7/h6-7,12H,1-5H3,(H,13,14)/t6-,7+/m1/s1. The number of carbonyl (C=O) groups is 2. The van der Waals surface area contributed by atoms with E-state index in [1.807, 2.05) is 0 Å². The van der Waals surface area contributed by atoms with Crippen molar-refractivity contribution in [3.8, 4) is 0 Å². The Morgan fingerprint density at radius 3 is 2.24 bits per heavy atom. The van der Waals surface area contributed by atoms with E-state index in [-0.39, 0.29) is 0 Å². The second-order valence-electron chi connectivity index (χ2n) is 5.57. The fourth-order valence-electron chi connectivity index (χ4n) is 1.60. The average Bonchev–Trinajstić information content (AvgIpc) is 2.38. The molecule has 0 aromatic rings. The van der Waals surface area contributed by atoms with Crippen molar-refractivity contribution in [2.45, 2.75) is 56.4 Å². The summed E-state index contributed by atoms with van der Waals surface area (Å²) in [7, 11) is 0. The molecule has 0 aliphatic carbocycles. The first-order chi connectivity index (χ1) is 7.53. The molecule has 1 fully saturated rings. The number of carbonyl (C=O) groups excluding carboxylic acids is 1. The molecule has 0 radical (unpaired) electrons. The summed E-state index contributed by atoms with van der Waals surface area (Å²) < 4.78 is 4.69. The van der Waals surface area contributed by atoms with Crippen molar-refractivity contribution in [3.63, 3.8) is 0 Å². The number of ether oxygens (including phenoxy) is 1. The first-order valence-corrected chi connectivity index (χ1v) is 6.30. The van der Waals surface area contributed by atoms with Crippen LogP contribution in [0.4, 0.5) is 0 Å². The van der Waals surface area contributed by atoms with Gasteiger partial charge in [-0.3, -0.25) is 10.1 Å². The van der Waals surface area contributed by atoms with E-state index in [4.69, 9.17) is 9.84 Å². The van der Waals surface area contributed by atoms with Crippen LogP contribution in [0, 0.1) is 0 Å². The number of hydrogen-bond donors (Lipinski definition) is 2. The molecule has 6 heteroatoms. The van der Waals surface area contributed by atoms with E-state index in [1.54, 1.807) is 34.6 Å². The molecule has 0 spiro atoms. The minimum absolute atomic E-state index is 0.417. The lowest BCUT2D eigenvalue weighted by Crippen LogP contribution is -2.46. The molecule has 2 N–H and O–H groups in total. The number of thioether (sulfide) groups is 1. The van der Waals surface area contributed by atoms with Crippen LogP contribution in [0.25, 0.3) is 0 Å². The van der Waals surface area contributed by atoms with Crippen molar-refractivity contribution in [1.29, 1.82) is 0 Å². The first-order valence-electron chi connectivity index (χ1n) is 5.42. The highest BCUT2D eigenvalue weighted by molar-refractivity contribution is 8.02. The van der Waals surface area contributed by atoms with Crippen molar-refractivity contribution in [1.82, 2.24) is 5.32 Å². The minimum atomic E-state index is -0.950. The van der Waals surface area contributed by atoms with Crippen LogP contribution in [0.2, 0.25) is 0 Å². The summed E-state index contributed by atoms with van der Waals surface area (Å²) in [4.78, 5) is 22.9. The number of aliphatic carboxylic acids is 1. The summed E-state index contributed by atoms with van der Waals surface area (Å²) in [6, 6.07) is -0.745. The molecule has 0 aromatic carbocycles. The van der Waals surface area contributed by atoms with E-state index in [9.17, 15) is 9.59 Å². The van der Waals surface area contributed by atoms with Gasteiger partial charge in [-0.05, 0) is 34.6 Å². The minimum Gasteiger partial charge on any atom is -0.480 e. The second kappa shape index (κ2) is 4.49. The number of carboxylic acids is 1. The van der Waals surface area contributed by atoms with Crippen molar-refractivity contribution in [3.05, 3.63) is 0 Å². The number of nitrogens with one attached hydrogen (secondary N) is 1. The molecule has 1 aliphatic rings. The molecule has 0 saturated carbocycles. The molecule has 1 heterocycles. The van der Waals surface area contributed by atoms with E-state index in [2.05, 4.69) is 5.32 Å². The lowest BCUT2D eigenvalue weighted by molar-refractivity contribution is -0.154. The fraction of sp³-hybridized carbons (Fsp3) is 0.818. The van der Waals surface area contributed by atoms with Crippen LogP contribution in [0.1, 0.15) is 34.6 Å². The van der Waals surface area contributed by atoms with Gasteiger partial charge in [0, 0.05) is 4.75 Å². The Hall–Kier alpha value is -0.750. The Labute approximate surface area is 105 Å². The summed E-state index contributed by atoms with van der Waals surface area (Å²) in [5, 5.41) is 11.2. The largest absolute Gasteiger partial charge is 0.480 e. The molecule has 5 nitrogen and oxygen atoms in total. The molecular weight excluding hydrogens is 242 g/mol. The first kappa shape index (κ1) is 14.3. The van der Waals surface area contributed by atoms with Crippen molar-refractivity contribution >= 4 is 23.7 Å². The second-order valence-corrected chi connectivity index (χ2v) is 7.33. The van der Waals surface area contributed by atoms with Crippen LogP contribution < -0.4 is 5.32 Å². The summed E-state index contributed by atoms with van der Waals surface area (Å²) >= 11 is 1.29. The summed E-state index contributed by atoms with van der Waals surface area (Å²) in [6.45, 7) is 8.95. The van der Waals surface area contributed by atoms with Crippen LogP contribution in [-0.2, 0) is 14.3 Å². The third-order valence-electron chi connectivity index (χ3n) is 2.30. The van der Waals surface area contributed by atoms with Gasteiger partial charge in [-0.25, -0.2) is 4.79 Å². The number of esters is 1. The van der Waals surface area contributed by atoms with Crippen LogP contribution >= 0.6 is 11.8 Å². The topological polar surface area (TPSA) is 75.6 Å². The predicted octanol–water partition coefficient (Wildman–Crippen LogP) is 1.22. The Bertz CT molecular complexity index is 335. The van der Waals surface area contributed by atoms with E-state index in [0.717, 1.165) is 0 Å². The number of rotatable bonds is 2. The molecule has 98 valence electrons. The van der Waals surface area contributed by atoms with Crippen LogP contribution in [0.3, 0.4) is 0 Å². The van der Waals surface area contributed by atoms with Crippen molar-refractivity contribution in [2.24, 2.45) is 0 Å². The summed E-state index contributed by atoms with van der Waals surface area (Å²) in [5.74, 6) is -1.37.